The van der Waals surface area contributed by atoms with E-state index in [0.717, 1.165) is 15.8 Å². The highest BCUT2D eigenvalue weighted by atomic mass is 32.1. The van der Waals surface area contributed by atoms with E-state index in [-0.39, 0.29) is 11.7 Å². The maximum atomic E-state index is 12.1. The highest BCUT2D eigenvalue weighted by molar-refractivity contribution is 7.22. The lowest BCUT2D eigenvalue weighted by molar-refractivity contribution is 0.102. The van der Waals surface area contributed by atoms with Gasteiger partial charge in [0.05, 0.1) is 10.2 Å². The summed E-state index contributed by atoms with van der Waals surface area (Å²) in [7, 11) is 0. The van der Waals surface area contributed by atoms with Crippen LogP contribution in [0.15, 0.2) is 42.5 Å². The number of aromatic hydroxyl groups is 1. The van der Waals surface area contributed by atoms with Crippen molar-refractivity contribution in [1.82, 2.24) is 4.98 Å². The molecule has 2 N–H and O–H groups in total. The van der Waals surface area contributed by atoms with E-state index in [0.29, 0.717) is 10.7 Å². The van der Waals surface area contributed by atoms with E-state index in [4.69, 9.17) is 0 Å². The number of phenolic OH excluding ortho intramolecular Hbond substituents is 1. The number of aromatic nitrogens is 1. The first-order valence-electron chi connectivity index (χ1n) is 6.09. The number of hydrogen-bond acceptors (Lipinski definition) is 4. The van der Waals surface area contributed by atoms with Crippen molar-refractivity contribution in [3.63, 3.8) is 0 Å². The number of nitrogens with one attached hydrogen (secondary N) is 1. The summed E-state index contributed by atoms with van der Waals surface area (Å²) in [5.74, 6) is -0.214. The van der Waals surface area contributed by atoms with Gasteiger partial charge in [0.2, 0.25) is 0 Å². The second-order valence-electron chi connectivity index (χ2n) is 4.49. The molecule has 0 radical (unpaired) electrons. The number of amides is 1. The average molecular weight is 284 g/mol. The number of phenols is 1. The maximum absolute atomic E-state index is 12.1. The molecule has 20 heavy (non-hydrogen) atoms. The minimum atomic E-state index is -0.281. The third-order valence-corrected chi connectivity index (χ3v) is 3.81. The van der Waals surface area contributed by atoms with Crippen LogP contribution in [0.25, 0.3) is 10.2 Å². The Kier molecular flexibility index (Phi) is 3.12. The second kappa shape index (κ2) is 4.94. The molecule has 0 unspecified atom stereocenters. The van der Waals surface area contributed by atoms with Crippen LogP contribution < -0.4 is 5.32 Å². The Hall–Kier alpha value is -2.40. The molecule has 0 aliphatic rings. The van der Waals surface area contributed by atoms with Gasteiger partial charge in [-0.1, -0.05) is 23.5 Å². The van der Waals surface area contributed by atoms with Crippen molar-refractivity contribution in [3.05, 3.63) is 53.6 Å². The van der Waals surface area contributed by atoms with Crippen LogP contribution in [0, 0.1) is 6.92 Å². The molecule has 100 valence electrons. The Balaban J connectivity index is 1.87. The number of hydrogen-bond donors (Lipinski definition) is 2. The Morgan fingerprint density at radius 1 is 1.25 bits per heavy atom. The monoisotopic (exact) mass is 284 g/mol. The molecule has 0 fully saturated rings. The predicted molar refractivity (Wildman–Crippen MR) is 80.4 cm³/mol. The molecule has 4 nitrogen and oxygen atoms in total. The molecule has 1 amide bonds. The van der Waals surface area contributed by atoms with Crippen LogP contribution in [0.2, 0.25) is 0 Å². The van der Waals surface area contributed by atoms with E-state index in [1.54, 1.807) is 12.1 Å². The lowest BCUT2D eigenvalue weighted by Crippen LogP contribution is -2.11. The van der Waals surface area contributed by atoms with E-state index >= 15 is 0 Å². The smallest absolute Gasteiger partial charge is 0.257 e. The normalized spacial score (nSPS) is 10.7. The van der Waals surface area contributed by atoms with Gasteiger partial charge < -0.3 is 5.11 Å². The lowest BCUT2D eigenvalue weighted by atomic mass is 10.2. The van der Waals surface area contributed by atoms with Gasteiger partial charge >= 0.3 is 0 Å². The molecule has 0 aliphatic heterocycles. The van der Waals surface area contributed by atoms with E-state index in [2.05, 4.69) is 10.3 Å². The third kappa shape index (κ3) is 2.48. The molecule has 0 saturated heterocycles. The summed E-state index contributed by atoms with van der Waals surface area (Å²) in [5.41, 5.74) is 2.43. The van der Waals surface area contributed by atoms with Gasteiger partial charge in [0.1, 0.15) is 5.75 Å². The first-order valence-corrected chi connectivity index (χ1v) is 6.91. The minimum Gasteiger partial charge on any atom is -0.508 e. The zero-order chi connectivity index (χ0) is 14.1. The maximum Gasteiger partial charge on any atom is 0.257 e. The minimum absolute atomic E-state index is 0.0672. The predicted octanol–water partition coefficient (Wildman–Crippen LogP) is 3.56. The summed E-state index contributed by atoms with van der Waals surface area (Å²) in [6, 6.07) is 12.2. The number of benzene rings is 2. The number of carbonyl (C=O) groups is 1. The zero-order valence-electron chi connectivity index (χ0n) is 10.8. The SMILES string of the molecule is Cc1ccc2nc(NC(=O)c3cccc(O)c3)sc2c1. The Morgan fingerprint density at radius 3 is 2.90 bits per heavy atom. The van der Waals surface area contributed by atoms with Gasteiger partial charge in [-0.3, -0.25) is 10.1 Å². The molecule has 3 rings (SSSR count). The summed E-state index contributed by atoms with van der Waals surface area (Å²) in [6.45, 7) is 2.02. The van der Waals surface area contributed by atoms with Gasteiger partial charge in [-0.2, -0.15) is 0 Å². The number of anilines is 1. The Bertz CT molecular complexity index is 795. The first-order chi connectivity index (χ1) is 9.61. The standard InChI is InChI=1S/C15H12N2O2S/c1-9-5-6-12-13(7-9)20-15(16-12)17-14(19)10-3-2-4-11(18)8-10/h2-8,18H,1H3,(H,16,17,19). The van der Waals surface area contributed by atoms with Crippen LogP contribution in [0.4, 0.5) is 5.13 Å². The van der Waals surface area contributed by atoms with Crippen molar-refractivity contribution in [1.29, 1.82) is 0 Å². The molecule has 3 aromatic rings. The molecule has 1 aromatic heterocycles. The summed E-state index contributed by atoms with van der Waals surface area (Å²) in [6.07, 6.45) is 0. The van der Waals surface area contributed by atoms with Gasteiger partial charge in [-0.05, 0) is 42.8 Å². The number of fused-ring (bicyclic) bond motifs is 1. The van der Waals surface area contributed by atoms with Crippen LogP contribution in [0.1, 0.15) is 15.9 Å². The van der Waals surface area contributed by atoms with E-state index in [1.165, 1.54) is 23.5 Å². The van der Waals surface area contributed by atoms with Gasteiger partial charge in [-0.15, -0.1) is 0 Å². The van der Waals surface area contributed by atoms with Gasteiger partial charge in [0.15, 0.2) is 5.13 Å². The average Bonchev–Trinajstić information content (AvgIpc) is 2.80. The molecular formula is C15H12N2O2S. The molecule has 0 spiro atoms. The molecule has 0 atom stereocenters. The van der Waals surface area contributed by atoms with Crippen molar-refractivity contribution >= 4 is 32.6 Å². The topological polar surface area (TPSA) is 62.2 Å². The molecule has 0 bridgehead atoms. The summed E-state index contributed by atoms with van der Waals surface area (Å²) in [5, 5.41) is 12.7. The Labute approximate surface area is 119 Å². The van der Waals surface area contributed by atoms with Crippen molar-refractivity contribution < 1.29 is 9.90 Å². The number of aryl methyl sites for hydroxylation is 1. The molecule has 1 heterocycles. The van der Waals surface area contributed by atoms with Crippen LogP contribution in [-0.2, 0) is 0 Å². The molecule has 5 heteroatoms. The van der Waals surface area contributed by atoms with Crippen LogP contribution in [-0.4, -0.2) is 16.0 Å². The van der Waals surface area contributed by atoms with Gasteiger partial charge in [0.25, 0.3) is 5.91 Å². The van der Waals surface area contributed by atoms with Gasteiger partial charge in [0, 0.05) is 5.56 Å². The fraction of sp³-hybridized carbons (Fsp3) is 0.0667. The van der Waals surface area contributed by atoms with Gasteiger partial charge in [-0.25, -0.2) is 4.98 Å². The first kappa shape index (κ1) is 12.6. The largest absolute Gasteiger partial charge is 0.508 e. The van der Waals surface area contributed by atoms with Crippen molar-refractivity contribution in [2.75, 3.05) is 5.32 Å². The fourth-order valence-corrected chi connectivity index (χ4v) is 2.86. The highest BCUT2D eigenvalue weighted by Crippen LogP contribution is 2.27. The second-order valence-corrected chi connectivity index (χ2v) is 5.53. The number of nitrogens with zero attached hydrogens (tertiary/aromatic N) is 1. The Morgan fingerprint density at radius 2 is 2.10 bits per heavy atom. The van der Waals surface area contributed by atoms with Crippen molar-refractivity contribution in [3.8, 4) is 5.75 Å². The molecule has 0 aliphatic carbocycles. The highest BCUT2D eigenvalue weighted by Gasteiger charge is 2.10. The summed E-state index contributed by atoms with van der Waals surface area (Å²) >= 11 is 1.43. The van der Waals surface area contributed by atoms with Crippen LogP contribution in [0.3, 0.4) is 0 Å². The van der Waals surface area contributed by atoms with Crippen LogP contribution >= 0.6 is 11.3 Å². The van der Waals surface area contributed by atoms with Crippen molar-refractivity contribution in [2.45, 2.75) is 6.92 Å². The van der Waals surface area contributed by atoms with E-state index in [1.807, 2.05) is 25.1 Å². The van der Waals surface area contributed by atoms with E-state index < -0.39 is 0 Å². The fourth-order valence-electron chi connectivity index (χ4n) is 1.90. The quantitative estimate of drug-likeness (QED) is 0.756. The third-order valence-electron chi connectivity index (χ3n) is 2.87. The number of rotatable bonds is 2. The summed E-state index contributed by atoms with van der Waals surface area (Å²) < 4.78 is 1.04. The molecule has 0 saturated carbocycles. The zero-order valence-corrected chi connectivity index (χ0v) is 11.6. The number of thiazole rings is 1. The molecular weight excluding hydrogens is 272 g/mol. The summed E-state index contributed by atoms with van der Waals surface area (Å²) in [4.78, 5) is 16.4. The van der Waals surface area contributed by atoms with Crippen LogP contribution in [0.5, 0.6) is 5.75 Å². The lowest BCUT2D eigenvalue weighted by Gasteiger charge is -2.01. The van der Waals surface area contributed by atoms with E-state index in [9.17, 15) is 9.90 Å². The van der Waals surface area contributed by atoms with Crippen molar-refractivity contribution in [2.24, 2.45) is 0 Å². The molecule has 2 aromatic carbocycles. The number of carbonyl (C=O) groups excluding carboxylic acids is 1.